The number of amides is 1. The van der Waals surface area contributed by atoms with E-state index in [9.17, 15) is 9.90 Å². The van der Waals surface area contributed by atoms with Crippen molar-refractivity contribution in [2.45, 2.75) is 20.3 Å². The second-order valence-electron chi connectivity index (χ2n) is 4.73. The fourth-order valence-electron chi connectivity index (χ4n) is 1.42. The molecular formula is C13H19ClN2O2. The van der Waals surface area contributed by atoms with Gasteiger partial charge in [-0.05, 0) is 24.6 Å². The molecule has 0 bridgehead atoms. The maximum atomic E-state index is 11.1. The first-order valence-corrected chi connectivity index (χ1v) is 6.24. The van der Waals surface area contributed by atoms with Gasteiger partial charge in [-0.25, -0.2) is 0 Å². The number of hydrogen-bond donors (Lipinski definition) is 3. The number of rotatable bonds is 6. The summed E-state index contributed by atoms with van der Waals surface area (Å²) in [6.45, 7) is 4.65. The molecule has 100 valence electrons. The molecule has 4 nitrogen and oxygen atoms in total. The molecule has 18 heavy (non-hydrogen) atoms. The van der Waals surface area contributed by atoms with Gasteiger partial charge in [-0.15, -0.1) is 0 Å². The highest BCUT2D eigenvalue weighted by molar-refractivity contribution is 6.33. The van der Waals surface area contributed by atoms with Crippen molar-refractivity contribution in [1.29, 1.82) is 0 Å². The molecule has 0 spiro atoms. The van der Waals surface area contributed by atoms with Crippen LogP contribution >= 0.6 is 11.6 Å². The number of aliphatic hydroxyl groups excluding tert-OH is 1. The Bertz CT molecular complexity index is 431. The molecule has 0 radical (unpaired) electrons. The average molecular weight is 271 g/mol. The molecule has 0 fully saturated rings. The third-order valence-corrected chi connectivity index (χ3v) is 3.52. The van der Waals surface area contributed by atoms with E-state index in [1.54, 1.807) is 18.2 Å². The first kappa shape index (κ1) is 14.8. The smallest absolute Gasteiger partial charge is 0.248 e. The molecule has 0 heterocycles. The van der Waals surface area contributed by atoms with E-state index in [-0.39, 0.29) is 12.0 Å². The molecule has 0 aromatic heterocycles. The summed E-state index contributed by atoms with van der Waals surface area (Å²) in [5.74, 6) is -0.491. The maximum absolute atomic E-state index is 11.1. The molecule has 0 aliphatic rings. The minimum atomic E-state index is -0.491. The third kappa shape index (κ3) is 3.62. The Labute approximate surface area is 112 Å². The van der Waals surface area contributed by atoms with Crippen molar-refractivity contribution in [2.75, 3.05) is 18.5 Å². The lowest BCUT2D eigenvalue weighted by molar-refractivity contribution is 0.100. The van der Waals surface area contributed by atoms with E-state index in [0.717, 1.165) is 6.42 Å². The van der Waals surface area contributed by atoms with Crippen molar-refractivity contribution < 1.29 is 9.90 Å². The number of anilines is 1. The van der Waals surface area contributed by atoms with Crippen molar-refractivity contribution in [2.24, 2.45) is 11.1 Å². The summed E-state index contributed by atoms with van der Waals surface area (Å²) >= 11 is 6.04. The number of nitrogens with two attached hydrogens (primary N) is 1. The van der Waals surface area contributed by atoms with Crippen molar-refractivity contribution in [3.63, 3.8) is 0 Å². The number of hydrogen-bond acceptors (Lipinski definition) is 3. The topological polar surface area (TPSA) is 75.3 Å². The zero-order valence-corrected chi connectivity index (χ0v) is 11.4. The Hall–Kier alpha value is -1.26. The van der Waals surface area contributed by atoms with Gasteiger partial charge in [-0.3, -0.25) is 4.79 Å². The van der Waals surface area contributed by atoms with Gasteiger partial charge in [0.1, 0.15) is 0 Å². The summed E-state index contributed by atoms with van der Waals surface area (Å²) in [7, 11) is 0. The summed E-state index contributed by atoms with van der Waals surface area (Å²) in [4.78, 5) is 11.1. The molecule has 1 amide bonds. The predicted molar refractivity (Wildman–Crippen MR) is 73.9 cm³/mol. The van der Waals surface area contributed by atoms with Crippen LogP contribution in [0.3, 0.4) is 0 Å². The molecule has 1 unspecified atom stereocenters. The molecule has 0 aliphatic carbocycles. The second-order valence-corrected chi connectivity index (χ2v) is 5.14. The van der Waals surface area contributed by atoms with Crippen LogP contribution in [-0.4, -0.2) is 24.2 Å². The quantitative estimate of drug-likeness (QED) is 0.742. The second kappa shape index (κ2) is 6.07. The van der Waals surface area contributed by atoms with Gasteiger partial charge in [-0.1, -0.05) is 25.4 Å². The number of halogens is 1. The first-order valence-electron chi connectivity index (χ1n) is 5.86. The van der Waals surface area contributed by atoms with Gasteiger partial charge in [0.15, 0.2) is 0 Å². The third-order valence-electron chi connectivity index (χ3n) is 3.19. The van der Waals surface area contributed by atoms with E-state index in [1.807, 2.05) is 13.8 Å². The molecule has 4 N–H and O–H groups in total. The SMILES string of the molecule is CCC(C)(CO)CNc1cc(C(N)=O)ccc1Cl. The number of carbonyl (C=O) groups excluding carboxylic acids is 1. The van der Waals surface area contributed by atoms with Crippen molar-refractivity contribution in [3.8, 4) is 0 Å². The number of primary amides is 1. The summed E-state index contributed by atoms with van der Waals surface area (Å²) < 4.78 is 0. The van der Waals surface area contributed by atoms with Crippen LogP contribution < -0.4 is 11.1 Å². The van der Waals surface area contributed by atoms with Gasteiger partial charge in [0, 0.05) is 17.5 Å². The van der Waals surface area contributed by atoms with Gasteiger partial charge >= 0.3 is 0 Å². The Morgan fingerprint density at radius 1 is 1.56 bits per heavy atom. The van der Waals surface area contributed by atoms with Gasteiger partial charge < -0.3 is 16.2 Å². The number of benzene rings is 1. The predicted octanol–water partition coefficient (Wildman–Crippen LogP) is 2.26. The monoisotopic (exact) mass is 270 g/mol. The molecule has 0 aliphatic heterocycles. The van der Waals surface area contributed by atoms with Gasteiger partial charge in [0.2, 0.25) is 5.91 Å². The number of nitrogens with one attached hydrogen (secondary N) is 1. The van der Waals surface area contributed by atoms with Crippen molar-refractivity contribution >= 4 is 23.2 Å². The normalized spacial score (nSPS) is 14.0. The zero-order chi connectivity index (χ0) is 13.8. The van der Waals surface area contributed by atoms with Gasteiger partial charge in [0.25, 0.3) is 0 Å². The zero-order valence-electron chi connectivity index (χ0n) is 10.7. The van der Waals surface area contributed by atoms with E-state index < -0.39 is 5.91 Å². The fraction of sp³-hybridized carbons (Fsp3) is 0.462. The molecule has 1 rings (SSSR count). The van der Waals surface area contributed by atoms with Crippen LogP contribution in [0.25, 0.3) is 0 Å². The minimum absolute atomic E-state index is 0.0869. The Morgan fingerprint density at radius 2 is 2.22 bits per heavy atom. The van der Waals surface area contributed by atoms with Crippen molar-refractivity contribution in [1.82, 2.24) is 0 Å². The van der Waals surface area contributed by atoms with Crippen LogP contribution in [0.5, 0.6) is 0 Å². The Balaban J connectivity index is 2.84. The maximum Gasteiger partial charge on any atom is 0.248 e. The largest absolute Gasteiger partial charge is 0.396 e. The van der Waals surface area contributed by atoms with E-state index in [4.69, 9.17) is 17.3 Å². The summed E-state index contributed by atoms with van der Waals surface area (Å²) in [5.41, 5.74) is 6.06. The van der Waals surface area contributed by atoms with E-state index in [1.165, 1.54) is 0 Å². The molecule has 1 atom stereocenters. The average Bonchev–Trinajstić information content (AvgIpc) is 2.37. The van der Waals surface area contributed by atoms with Crippen LogP contribution in [0.2, 0.25) is 5.02 Å². The first-order chi connectivity index (χ1) is 8.41. The Morgan fingerprint density at radius 3 is 2.72 bits per heavy atom. The van der Waals surface area contributed by atoms with Crippen LogP contribution in [0.4, 0.5) is 5.69 Å². The van der Waals surface area contributed by atoms with E-state index in [2.05, 4.69) is 5.32 Å². The molecular weight excluding hydrogens is 252 g/mol. The minimum Gasteiger partial charge on any atom is -0.396 e. The van der Waals surface area contributed by atoms with Crippen molar-refractivity contribution in [3.05, 3.63) is 28.8 Å². The number of aliphatic hydroxyl groups is 1. The van der Waals surface area contributed by atoms with Gasteiger partial charge in [-0.2, -0.15) is 0 Å². The highest BCUT2D eigenvalue weighted by atomic mass is 35.5. The van der Waals surface area contributed by atoms with E-state index in [0.29, 0.717) is 22.8 Å². The highest BCUT2D eigenvalue weighted by Crippen LogP contribution is 2.26. The molecule has 0 saturated carbocycles. The molecule has 0 saturated heterocycles. The van der Waals surface area contributed by atoms with Crippen LogP contribution in [0.1, 0.15) is 30.6 Å². The summed E-state index contributed by atoms with van der Waals surface area (Å²) in [5, 5.41) is 13.0. The standard InChI is InChI=1S/C13H19ClN2O2/c1-3-13(2,8-17)7-16-11-6-9(12(15)18)4-5-10(11)14/h4-6,16-17H,3,7-8H2,1-2H3,(H2,15,18). The fourth-order valence-corrected chi connectivity index (χ4v) is 1.60. The molecule has 5 heteroatoms. The summed E-state index contributed by atoms with van der Waals surface area (Å²) in [6.07, 6.45) is 0.837. The van der Waals surface area contributed by atoms with Crippen LogP contribution in [0.15, 0.2) is 18.2 Å². The molecule has 1 aromatic rings. The lowest BCUT2D eigenvalue weighted by Crippen LogP contribution is -2.29. The Kier molecular flexibility index (Phi) is 4.99. The van der Waals surface area contributed by atoms with E-state index >= 15 is 0 Å². The number of carbonyl (C=O) groups is 1. The van der Waals surface area contributed by atoms with Crippen LogP contribution in [0, 0.1) is 5.41 Å². The lowest BCUT2D eigenvalue weighted by Gasteiger charge is -2.26. The lowest BCUT2D eigenvalue weighted by atomic mass is 9.88. The van der Waals surface area contributed by atoms with Crippen LogP contribution in [-0.2, 0) is 0 Å². The summed E-state index contributed by atoms with van der Waals surface area (Å²) in [6, 6.07) is 4.84. The molecule has 1 aromatic carbocycles. The highest BCUT2D eigenvalue weighted by Gasteiger charge is 2.21. The van der Waals surface area contributed by atoms with Gasteiger partial charge in [0.05, 0.1) is 17.3 Å².